The second-order valence-corrected chi connectivity index (χ2v) is 7.19. The van der Waals surface area contributed by atoms with Gasteiger partial charge in [-0.1, -0.05) is 18.0 Å². The maximum atomic E-state index is 14.0. The maximum Gasteiger partial charge on any atom is 0.329 e. The van der Waals surface area contributed by atoms with Crippen molar-refractivity contribution in [3.8, 4) is 0 Å². The van der Waals surface area contributed by atoms with Gasteiger partial charge in [-0.3, -0.25) is 4.79 Å². The monoisotopic (exact) mass is 427 g/mol. The number of hydrogen-bond donors (Lipinski definition) is 2. The zero-order chi connectivity index (χ0) is 19.9. The van der Waals surface area contributed by atoms with E-state index in [0.717, 1.165) is 37.8 Å². The standard InChI is InChI=1S/C18H19F2N5O3.ClH/c19-10-3-5-13(11(20)9-10)25-15(26)12(22-17(25)27)4-6-14-23-16(24-28-14)18(21)7-1-2-8-18;/h3,5,9,12H,1-2,4,6-8,21H2,(H,22,27);1H. The summed E-state index contributed by atoms with van der Waals surface area (Å²) in [7, 11) is 0. The highest BCUT2D eigenvalue weighted by atomic mass is 35.5. The van der Waals surface area contributed by atoms with E-state index in [1.54, 1.807) is 0 Å². The minimum Gasteiger partial charge on any atom is -0.339 e. The predicted molar refractivity (Wildman–Crippen MR) is 100 cm³/mol. The lowest BCUT2D eigenvalue weighted by Crippen LogP contribution is -2.34. The second-order valence-electron chi connectivity index (χ2n) is 7.19. The van der Waals surface area contributed by atoms with E-state index >= 15 is 0 Å². The summed E-state index contributed by atoms with van der Waals surface area (Å²) in [5, 5.41) is 6.45. The first-order valence-electron chi connectivity index (χ1n) is 9.09. The van der Waals surface area contributed by atoms with E-state index in [-0.39, 0.29) is 30.9 Å². The van der Waals surface area contributed by atoms with Gasteiger partial charge in [0.2, 0.25) is 5.89 Å². The topological polar surface area (TPSA) is 114 Å². The van der Waals surface area contributed by atoms with Crippen LogP contribution in [0.2, 0.25) is 0 Å². The number of nitrogens with zero attached hydrogens (tertiary/aromatic N) is 3. The molecule has 1 unspecified atom stereocenters. The highest BCUT2D eigenvalue weighted by Gasteiger charge is 2.40. The summed E-state index contributed by atoms with van der Waals surface area (Å²) in [6, 6.07) is 1.02. The molecule has 3 amide bonds. The number of aryl methyl sites for hydroxylation is 1. The van der Waals surface area contributed by atoms with Crippen LogP contribution in [-0.2, 0) is 16.8 Å². The van der Waals surface area contributed by atoms with Crippen molar-refractivity contribution in [2.75, 3.05) is 4.90 Å². The lowest BCUT2D eigenvalue weighted by molar-refractivity contribution is -0.118. The molecule has 4 rings (SSSR count). The number of carbonyl (C=O) groups excluding carboxylic acids is 2. The molecule has 1 aliphatic carbocycles. The van der Waals surface area contributed by atoms with Gasteiger partial charge >= 0.3 is 6.03 Å². The van der Waals surface area contributed by atoms with E-state index in [0.29, 0.717) is 22.7 Å². The fourth-order valence-electron chi connectivity index (χ4n) is 3.67. The van der Waals surface area contributed by atoms with E-state index in [2.05, 4.69) is 15.5 Å². The first kappa shape index (κ1) is 21.1. The van der Waals surface area contributed by atoms with E-state index in [1.165, 1.54) is 0 Å². The van der Waals surface area contributed by atoms with Gasteiger partial charge in [0.1, 0.15) is 17.7 Å². The Balaban J connectivity index is 0.00000240. The van der Waals surface area contributed by atoms with Crippen LogP contribution in [0.4, 0.5) is 19.3 Å². The van der Waals surface area contributed by atoms with E-state index < -0.39 is 35.2 Å². The lowest BCUT2D eigenvalue weighted by Gasteiger charge is -2.17. The van der Waals surface area contributed by atoms with Gasteiger partial charge in [-0.15, -0.1) is 12.4 Å². The highest BCUT2D eigenvalue weighted by molar-refractivity contribution is 6.21. The number of benzene rings is 1. The van der Waals surface area contributed by atoms with E-state index in [1.807, 2.05) is 0 Å². The quantitative estimate of drug-likeness (QED) is 0.709. The van der Waals surface area contributed by atoms with Gasteiger partial charge in [0, 0.05) is 12.5 Å². The number of imide groups is 1. The van der Waals surface area contributed by atoms with Gasteiger partial charge in [0.05, 0.1) is 11.2 Å². The summed E-state index contributed by atoms with van der Waals surface area (Å²) in [6.45, 7) is 0. The van der Waals surface area contributed by atoms with Crippen molar-refractivity contribution >= 4 is 30.0 Å². The van der Waals surface area contributed by atoms with Crippen LogP contribution >= 0.6 is 12.4 Å². The average Bonchev–Trinajstić information content (AvgIpc) is 3.35. The van der Waals surface area contributed by atoms with Crippen molar-refractivity contribution in [2.24, 2.45) is 5.73 Å². The van der Waals surface area contributed by atoms with Crippen LogP contribution in [0.3, 0.4) is 0 Å². The molecule has 2 heterocycles. The summed E-state index contributed by atoms with van der Waals surface area (Å²) in [5.41, 5.74) is 5.43. The number of amides is 3. The molecule has 2 aromatic rings. The number of anilines is 1. The Hall–Kier alpha value is -2.59. The Morgan fingerprint density at radius 2 is 2.00 bits per heavy atom. The summed E-state index contributed by atoms with van der Waals surface area (Å²) in [6.07, 6.45) is 4.06. The van der Waals surface area contributed by atoms with Crippen LogP contribution in [-0.4, -0.2) is 28.1 Å². The van der Waals surface area contributed by atoms with Gasteiger partial charge in [-0.05, 0) is 31.4 Å². The van der Waals surface area contributed by atoms with Crippen LogP contribution in [0, 0.1) is 11.6 Å². The van der Waals surface area contributed by atoms with Gasteiger partial charge in [0.25, 0.3) is 5.91 Å². The molecule has 8 nitrogen and oxygen atoms in total. The molecule has 11 heteroatoms. The molecule has 1 saturated heterocycles. The zero-order valence-electron chi connectivity index (χ0n) is 15.4. The van der Waals surface area contributed by atoms with E-state index in [9.17, 15) is 18.4 Å². The Kier molecular flexibility index (Phi) is 5.85. The fraction of sp³-hybridized carbons (Fsp3) is 0.444. The summed E-state index contributed by atoms with van der Waals surface area (Å²) in [4.78, 5) is 29.7. The average molecular weight is 428 g/mol. The first-order valence-corrected chi connectivity index (χ1v) is 9.09. The van der Waals surface area contributed by atoms with Crippen molar-refractivity contribution in [3.63, 3.8) is 0 Å². The number of nitrogens with two attached hydrogens (primary N) is 1. The van der Waals surface area contributed by atoms with Crippen LogP contribution in [0.25, 0.3) is 0 Å². The lowest BCUT2D eigenvalue weighted by atomic mass is 9.99. The second kappa shape index (κ2) is 8.03. The zero-order valence-corrected chi connectivity index (χ0v) is 16.2. The largest absolute Gasteiger partial charge is 0.339 e. The van der Waals surface area contributed by atoms with Crippen molar-refractivity contribution in [2.45, 2.75) is 50.1 Å². The Morgan fingerprint density at radius 3 is 2.69 bits per heavy atom. The van der Waals surface area contributed by atoms with Crippen LogP contribution in [0.1, 0.15) is 43.8 Å². The third-order valence-electron chi connectivity index (χ3n) is 5.23. The number of urea groups is 1. The third kappa shape index (κ3) is 3.95. The van der Waals surface area contributed by atoms with Gasteiger partial charge < -0.3 is 15.6 Å². The fourth-order valence-corrected chi connectivity index (χ4v) is 3.67. The molecule has 156 valence electrons. The SMILES string of the molecule is Cl.NC1(c2noc(CCC3NC(=O)N(c4ccc(F)cc4F)C3=O)n2)CCCC1. The summed E-state index contributed by atoms with van der Waals surface area (Å²) in [5.74, 6) is -1.63. The number of aromatic nitrogens is 2. The van der Waals surface area contributed by atoms with Gasteiger partial charge in [-0.25, -0.2) is 18.5 Å². The number of hydrogen-bond acceptors (Lipinski definition) is 6. The molecule has 0 spiro atoms. The molecule has 1 saturated carbocycles. The van der Waals surface area contributed by atoms with Gasteiger partial charge in [-0.2, -0.15) is 4.98 Å². The molecular weight excluding hydrogens is 408 g/mol. The van der Waals surface area contributed by atoms with Gasteiger partial charge in [0.15, 0.2) is 5.82 Å². The highest BCUT2D eigenvalue weighted by Crippen LogP contribution is 2.34. The van der Waals surface area contributed by atoms with Crippen LogP contribution in [0.5, 0.6) is 0 Å². The van der Waals surface area contributed by atoms with Crippen molar-refractivity contribution < 1.29 is 22.9 Å². The number of nitrogens with one attached hydrogen (secondary N) is 1. The molecule has 1 atom stereocenters. The smallest absolute Gasteiger partial charge is 0.329 e. The number of rotatable bonds is 5. The van der Waals surface area contributed by atoms with E-state index in [4.69, 9.17) is 10.3 Å². The summed E-state index contributed by atoms with van der Waals surface area (Å²) >= 11 is 0. The number of carbonyl (C=O) groups is 2. The molecule has 1 aliphatic heterocycles. The minimum absolute atomic E-state index is 0. The van der Waals surface area contributed by atoms with Crippen molar-refractivity contribution in [1.29, 1.82) is 0 Å². The molecule has 3 N–H and O–H groups in total. The molecular formula is C18H20ClF2N5O3. The molecule has 1 aromatic heterocycles. The first-order chi connectivity index (χ1) is 13.4. The minimum atomic E-state index is -0.990. The van der Waals surface area contributed by atoms with Crippen LogP contribution < -0.4 is 16.0 Å². The Labute approximate surface area is 171 Å². The molecule has 2 aliphatic rings. The molecule has 29 heavy (non-hydrogen) atoms. The molecule has 1 aromatic carbocycles. The van der Waals surface area contributed by atoms with Crippen molar-refractivity contribution in [1.82, 2.24) is 15.5 Å². The molecule has 2 fully saturated rings. The molecule has 0 radical (unpaired) electrons. The number of halogens is 3. The molecule has 0 bridgehead atoms. The normalized spacial score (nSPS) is 20.7. The Morgan fingerprint density at radius 1 is 1.28 bits per heavy atom. The third-order valence-corrected chi connectivity index (χ3v) is 5.23. The Bertz CT molecular complexity index is 932. The van der Waals surface area contributed by atoms with Crippen LogP contribution in [0.15, 0.2) is 22.7 Å². The summed E-state index contributed by atoms with van der Waals surface area (Å²) < 4.78 is 32.3. The van der Waals surface area contributed by atoms with Crippen molar-refractivity contribution in [3.05, 3.63) is 41.5 Å². The predicted octanol–water partition coefficient (Wildman–Crippen LogP) is 2.56. The maximum absolute atomic E-state index is 14.0.